The van der Waals surface area contributed by atoms with Crippen LogP contribution >= 0.6 is 0 Å². The maximum Gasteiger partial charge on any atom is 0.250 e. The first kappa shape index (κ1) is 17.3. The second-order valence-electron chi connectivity index (χ2n) is 7.11. The van der Waals surface area contributed by atoms with Crippen LogP contribution in [0.3, 0.4) is 0 Å². The maximum absolute atomic E-state index is 12.9. The molecule has 0 bridgehead atoms. The normalized spacial score (nSPS) is 18.1. The number of pyridine rings is 1. The molecule has 1 atom stereocenters. The summed E-state index contributed by atoms with van der Waals surface area (Å²) in [4.78, 5) is 35.6. The van der Waals surface area contributed by atoms with Gasteiger partial charge in [-0.2, -0.15) is 0 Å². The van der Waals surface area contributed by atoms with Gasteiger partial charge in [0.15, 0.2) is 5.82 Å². The SMILES string of the molecule is CN(C)c1ccc(NC(=O)CN2C(=O)[C@H]3CCCN3c3ncccc32)cc1. The minimum atomic E-state index is -0.220. The van der Waals surface area contributed by atoms with Gasteiger partial charge in [0.1, 0.15) is 12.6 Å². The topological polar surface area (TPSA) is 68.8 Å². The minimum Gasteiger partial charge on any atom is -0.378 e. The summed E-state index contributed by atoms with van der Waals surface area (Å²) >= 11 is 0. The Morgan fingerprint density at radius 1 is 1.26 bits per heavy atom. The van der Waals surface area contributed by atoms with Crippen molar-refractivity contribution in [2.45, 2.75) is 18.9 Å². The highest BCUT2D eigenvalue weighted by atomic mass is 16.2. The number of fused-ring (bicyclic) bond motifs is 3. The van der Waals surface area contributed by atoms with Gasteiger partial charge in [-0.25, -0.2) is 4.98 Å². The van der Waals surface area contributed by atoms with E-state index in [2.05, 4.69) is 15.2 Å². The molecule has 2 aliphatic rings. The van der Waals surface area contributed by atoms with Gasteiger partial charge in [-0.1, -0.05) is 0 Å². The van der Waals surface area contributed by atoms with Gasteiger partial charge in [0.2, 0.25) is 11.8 Å². The number of aromatic nitrogens is 1. The number of carbonyl (C=O) groups excluding carboxylic acids is 2. The third kappa shape index (κ3) is 3.20. The third-order valence-electron chi connectivity index (χ3n) is 5.10. The Balaban J connectivity index is 1.52. The Labute approximate surface area is 158 Å². The van der Waals surface area contributed by atoms with Crippen LogP contribution in [0.5, 0.6) is 0 Å². The molecule has 0 spiro atoms. The summed E-state index contributed by atoms with van der Waals surface area (Å²) in [5.41, 5.74) is 2.48. The first-order chi connectivity index (χ1) is 13.0. The molecule has 2 aromatic rings. The van der Waals surface area contributed by atoms with Gasteiger partial charge in [0.05, 0.1) is 5.69 Å². The van der Waals surface area contributed by atoms with E-state index in [9.17, 15) is 9.59 Å². The molecule has 1 fully saturated rings. The van der Waals surface area contributed by atoms with E-state index in [0.29, 0.717) is 11.4 Å². The summed E-state index contributed by atoms with van der Waals surface area (Å²) in [5.74, 6) is 0.552. The van der Waals surface area contributed by atoms with Crippen LogP contribution in [0.2, 0.25) is 0 Å². The smallest absolute Gasteiger partial charge is 0.250 e. The lowest BCUT2D eigenvalue weighted by Gasteiger charge is -2.38. The summed E-state index contributed by atoms with van der Waals surface area (Å²) in [6.45, 7) is 0.815. The maximum atomic E-state index is 12.9. The summed E-state index contributed by atoms with van der Waals surface area (Å²) < 4.78 is 0. The number of nitrogens with zero attached hydrogens (tertiary/aromatic N) is 4. The number of benzene rings is 1. The van der Waals surface area contributed by atoms with Gasteiger partial charge >= 0.3 is 0 Å². The predicted octanol–water partition coefficient (Wildman–Crippen LogP) is 2.10. The second kappa shape index (κ2) is 6.90. The summed E-state index contributed by atoms with van der Waals surface area (Å²) in [5, 5.41) is 2.88. The van der Waals surface area contributed by atoms with Crippen molar-refractivity contribution >= 4 is 34.7 Å². The number of carbonyl (C=O) groups is 2. The van der Waals surface area contributed by atoms with E-state index in [1.54, 1.807) is 17.2 Å². The van der Waals surface area contributed by atoms with E-state index in [1.807, 2.05) is 49.3 Å². The van der Waals surface area contributed by atoms with Gasteiger partial charge in [0, 0.05) is 38.2 Å². The van der Waals surface area contributed by atoms with E-state index >= 15 is 0 Å². The summed E-state index contributed by atoms with van der Waals surface area (Å²) in [6.07, 6.45) is 3.50. The molecule has 0 saturated carbocycles. The number of amides is 2. The third-order valence-corrected chi connectivity index (χ3v) is 5.10. The second-order valence-corrected chi connectivity index (χ2v) is 7.11. The fraction of sp³-hybridized carbons (Fsp3) is 0.350. The van der Waals surface area contributed by atoms with Crippen molar-refractivity contribution in [3.63, 3.8) is 0 Å². The Kier molecular flexibility index (Phi) is 4.43. The van der Waals surface area contributed by atoms with Crippen LogP contribution in [0, 0.1) is 0 Å². The van der Waals surface area contributed by atoms with Crippen LogP contribution in [-0.2, 0) is 9.59 Å². The lowest BCUT2D eigenvalue weighted by atomic mass is 10.1. The average Bonchev–Trinajstić information content (AvgIpc) is 3.16. The quantitative estimate of drug-likeness (QED) is 0.899. The fourth-order valence-electron chi connectivity index (χ4n) is 3.75. The van der Waals surface area contributed by atoms with Crippen molar-refractivity contribution in [2.24, 2.45) is 0 Å². The molecule has 7 nitrogen and oxygen atoms in total. The molecule has 2 amide bonds. The molecule has 7 heteroatoms. The van der Waals surface area contributed by atoms with Crippen molar-refractivity contribution in [1.82, 2.24) is 4.98 Å². The number of hydrogen-bond donors (Lipinski definition) is 1. The highest BCUT2D eigenvalue weighted by Gasteiger charge is 2.42. The molecule has 4 rings (SSSR count). The molecular weight excluding hydrogens is 342 g/mol. The lowest BCUT2D eigenvalue weighted by Crippen LogP contribution is -2.53. The summed E-state index contributed by atoms with van der Waals surface area (Å²) in [6, 6.07) is 11.1. The molecule has 1 saturated heterocycles. The molecule has 0 aliphatic carbocycles. The molecule has 1 aromatic carbocycles. The molecule has 1 N–H and O–H groups in total. The largest absolute Gasteiger partial charge is 0.378 e. The Hall–Kier alpha value is -3.09. The van der Waals surface area contributed by atoms with E-state index in [1.165, 1.54) is 0 Å². The molecule has 0 unspecified atom stereocenters. The standard InChI is InChI=1S/C20H23N5O2/c1-23(2)15-9-7-14(8-10-15)22-18(26)13-25-16-5-3-11-21-19(16)24-12-4-6-17(24)20(25)27/h3,5,7-11,17H,4,6,12-13H2,1-2H3,(H,22,26)/t17-/m1/s1. The van der Waals surface area contributed by atoms with Crippen LogP contribution < -0.4 is 20.0 Å². The number of nitrogens with one attached hydrogen (secondary N) is 1. The molecule has 0 radical (unpaired) electrons. The predicted molar refractivity (Wildman–Crippen MR) is 106 cm³/mol. The number of hydrogen-bond acceptors (Lipinski definition) is 5. The zero-order valence-electron chi connectivity index (χ0n) is 15.6. The van der Waals surface area contributed by atoms with Gasteiger partial charge in [-0.3, -0.25) is 14.5 Å². The molecule has 140 valence electrons. The number of rotatable bonds is 4. The van der Waals surface area contributed by atoms with Crippen molar-refractivity contribution in [2.75, 3.05) is 47.2 Å². The molecule has 2 aliphatic heterocycles. The Morgan fingerprint density at radius 2 is 2.04 bits per heavy atom. The average molecular weight is 365 g/mol. The van der Waals surface area contributed by atoms with E-state index in [-0.39, 0.29) is 24.4 Å². The van der Waals surface area contributed by atoms with Gasteiger partial charge in [-0.05, 0) is 49.2 Å². The molecule has 1 aromatic heterocycles. The minimum absolute atomic E-state index is 0.0166. The van der Waals surface area contributed by atoms with Crippen LogP contribution in [0.25, 0.3) is 0 Å². The van der Waals surface area contributed by atoms with Crippen molar-refractivity contribution < 1.29 is 9.59 Å². The molecule has 27 heavy (non-hydrogen) atoms. The highest BCUT2D eigenvalue weighted by molar-refractivity contribution is 6.09. The van der Waals surface area contributed by atoms with Crippen LogP contribution in [0.1, 0.15) is 12.8 Å². The number of anilines is 4. The molecular formula is C20H23N5O2. The zero-order valence-corrected chi connectivity index (χ0v) is 15.6. The monoisotopic (exact) mass is 365 g/mol. The van der Waals surface area contributed by atoms with Crippen molar-refractivity contribution in [3.8, 4) is 0 Å². The first-order valence-corrected chi connectivity index (χ1v) is 9.15. The molecule has 3 heterocycles. The van der Waals surface area contributed by atoms with E-state index < -0.39 is 0 Å². The van der Waals surface area contributed by atoms with Crippen molar-refractivity contribution in [1.29, 1.82) is 0 Å². The summed E-state index contributed by atoms with van der Waals surface area (Å²) in [7, 11) is 3.93. The fourth-order valence-corrected chi connectivity index (χ4v) is 3.75. The van der Waals surface area contributed by atoms with E-state index in [0.717, 1.165) is 30.9 Å². The first-order valence-electron chi connectivity index (χ1n) is 9.15. The highest BCUT2D eigenvalue weighted by Crippen LogP contribution is 2.38. The van der Waals surface area contributed by atoms with Gasteiger partial charge in [0.25, 0.3) is 0 Å². The van der Waals surface area contributed by atoms with Crippen LogP contribution in [0.4, 0.5) is 22.9 Å². The Bertz CT molecular complexity index is 865. The van der Waals surface area contributed by atoms with Crippen molar-refractivity contribution in [3.05, 3.63) is 42.6 Å². The zero-order chi connectivity index (χ0) is 19.0. The van der Waals surface area contributed by atoms with Gasteiger partial charge < -0.3 is 15.1 Å². The van der Waals surface area contributed by atoms with E-state index in [4.69, 9.17) is 0 Å². The lowest BCUT2D eigenvalue weighted by molar-refractivity contribution is -0.122. The van der Waals surface area contributed by atoms with Crippen LogP contribution in [0.15, 0.2) is 42.6 Å². The van der Waals surface area contributed by atoms with Gasteiger partial charge in [-0.15, -0.1) is 0 Å². The Morgan fingerprint density at radius 3 is 2.78 bits per heavy atom. The van der Waals surface area contributed by atoms with Crippen LogP contribution in [-0.4, -0.2) is 50.0 Å².